The summed E-state index contributed by atoms with van der Waals surface area (Å²) in [5.41, 5.74) is 2.70. The van der Waals surface area contributed by atoms with Crippen molar-refractivity contribution in [3.63, 3.8) is 0 Å². The summed E-state index contributed by atoms with van der Waals surface area (Å²) in [6, 6.07) is 11.6. The molecule has 0 fully saturated rings. The number of nitrogens with one attached hydrogen (secondary N) is 1. The normalized spacial score (nSPS) is 10.4. The van der Waals surface area contributed by atoms with Crippen LogP contribution in [0.5, 0.6) is 0 Å². The molecule has 0 atom stereocenters. The first-order valence-electron chi connectivity index (χ1n) is 8.12. The largest absolute Gasteiger partial charge is 0.455 e. The van der Waals surface area contributed by atoms with Crippen molar-refractivity contribution in [2.45, 2.75) is 13.5 Å². The summed E-state index contributed by atoms with van der Waals surface area (Å²) in [5, 5.41) is 13.7. The molecular formula is C19H17N3O5. The van der Waals surface area contributed by atoms with Crippen molar-refractivity contribution >= 4 is 17.3 Å². The number of nitro groups is 1. The highest BCUT2D eigenvalue weighted by Gasteiger charge is 2.18. The van der Waals surface area contributed by atoms with Gasteiger partial charge in [-0.2, -0.15) is 0 Å². The van der Waals surface area contributed by atoms with Gasteiger partial charge in [-0.3, -0.25) is 10.1 Å². The van der Waals surface area contributed by atoms with Crippen LogP contribution in [0.25, 0.3) is 11.5 Å². The van der Waals surface area contributed by atoms with Gasteiger partial charge in [-0.15, -0.1) is 0 Å². The minimum Gasteiger partial charge on any atom is -0.455 e. The van der Waals surface area contributed by atoms with Crippen molar-refractivity contribution in [3.05, 3.63) is 75.7 Å². The van der Waals surface area contributed by atoms with Crippen molar-refractivity contribution in [3.8, 4) is 11.5 Å². The van der Waals surface area contributed by atoms with Crippen molar-refractivity contribution in [2.24, 2.45) is 0 Å². The number of carbonyl (C=O) groups excluding carboxylic acids is 1. The fourth-order valence-electron chi connectivity index (χ4n) is 2.45. The van der Waals surface area contributed by atoms with Gasteiger partial charge in [0.15, 0.2) is 0 Å². The Balaban J connectivity index is 1.72. The molecule has 3 rings (SSSR count). The summed E-state index contributed by atoms with van der Waals surface area (Å²) in [4.78, 5) is 27.0. The molecule has 8 heteroatoms. The molecule has 0 saturated carbocycles. The van der Waals surface area contributed by atoms with E-state index in [9.17, 15) is 14.9 Å². The van der Waals surface area contributed by atoms with E-state index in [4.69, 9.17) is 9.15 Å². The zero-order chi connectivity index (χ0) is 19.4. The minimum absolute atomic E-state index is 0.0777. The Kier molecular flexibility index (Phi) is 5.16. The number of nitrogens with zero attached hydrogens (tertiary/aromatic N) is 2. The summed E-state index contributed by atoms with van der Waals surface area (Å²) in [7, 11) is 1.61. The smallest absolute Gasteiger partial charge is 0.340 e. The molecule has 1 N–H and O–H groups in total. The Hall–Kier alpha value is -3.68. The molecule has 3 aromatic rings. The standard InChI is InChI=1S/C19H17N3O5/c1-12-3-5-13(6-4-12)18-21-14(10-26-18)11-27-19(23)16-9-15(22(24)25)7-8-17(16)20-2/h3-10,20H,11H2,1-2H3. The van der Waals surface area contributed by atoms with E-state index in [1.54, 1.807) is 7.05 Å². The van der Waals surface area contributed by atoms with Gasteiger partial charge in [0, 0.05) is 30.4 Å². The second-order valence-corrected chi connectivity index (χ2v) is 5.82. The summed E-state index contributed by atoms with van der Waals surface area (Å²) in [5.74, 6) is -0.268. The van der Waals surface area contributed by atoms with Crippen molar-refractivity contribution < 1.29 is 18.9 Å². The third-order valence-corrected chi connectivity index (χ3v) is 3.90. The van der Waals surface area contributed by atoms with E-state index in [0.717, 1.165) is 11.1 Å². The molecule has 0 aliphatic carbocycles. The molecule has 0 bridgehead atoms. The fraction of sp³-hybridized carbons (Fsp3) is 0.158. The third kappa shape index (κ3) is 4.12. The maximum absolute atomic E-state index is 12.3. The van der Waals surface area contributed by atoms with Crippen molar-refractivity contribution in [2.75, 3.05) is 12.4 Å². The molecule has 2 aromatic carbocycles. The molecule has 0 radical (unpaired) electrons. The number of benzene rings is 2. The zero-order valence-corrected chi connectivity index (χ0v) is 14.8. The highest BCUT2D eigenvalue weighted by molar-refractivity contribution is 5.96. The van der Waals surface area contributed by atoms with Crippen LogP contribution in [0, 0.1) is 17.0 Å². The monoisotopic (exact) mass is 367 g/mol. The van der Waals surface area contributed by atoms with Gasteiger partial charge in [-0.05, 0) is 25.1 Å². The van der Waals surface area contributed by atoms with Crippen LogP contribution in [-0.2, 0) is 11.3 Å². The number of anilines is 1. The minimum atomic E-state index is -0.692. The molecule has 1 aromatic heterocycles. The van der Waals surface area contributed by atoms with Gasteiger partial charge in [0.1, 0.15) is 18.6 Å². The predicted molar refractivity (Wildman–Crippen MR) is 98.4 cm³/mol. The van der Waals surface area contributed by atoms with Crippen LogP contribution < -0.4 is 5.32 Å². The lowest BCUT2D eigenvalue weighted by Crippen LogP contribution is -2.09. The number of esters is 1. The fourth-order valence-corrected chi connectivity index (χ4v) is 2.45. The number of carbonyl (C=O) groups is 1. The summed E-state index contributed by atoms with van der Waals surface area (Å²) >= 11 is 0. The first kappa shape index (κ1) is 18.1. The van der Waals surface area contributed by atoms with Crippen LogP contribution in [0.3, 0.4) is 0 Å². The Morgan fingerprint density at radius 1 is 1.26 bits per heavy atom. The highest BCUT2D eigenvalue weighted by atomic mass is 16.6. The van der Waals surface area contributed by atoms with Crippen LogP contribution in [0.1, 0.15) is 21.6 Å². The molecular weight excluding hydrogens is 350 g/mol. The van der Waals surface area contributed by atoms with Gasteiger partial charge < -0.3 is 14.5 Å². The van der Waals surface area contributed by atoms with Crippen molar-refractivity contribution in [1.29, 1.82) is 0 Å². The number of aromatic nitrogens is 1. The van der Waals surface area contributed by atoms with Gasteiger partial charge in [0.2, 0.25) is 5.89 Å². The quantitative estimate of drug-likeness (QED) is 0.399. The summed E-state index contributed by atoms with van der Waals surface area (Å²) in [6.45, 7) is 1.87. The molecule has 27 heavy (non-hydrogen) atoms. The average molecular weight is 367 g/mol. The second-order valence-electron chi connectivity index (χ2n) is 5.82. The number of oxazole rings is 1. The Bertz CT molecular complexity index is 979. The number of nitro benzene ring substituents is 1. The summed E-state index contributed by atoms with van der Waals surface area (Å²) < 4.78 is 10.7. The SMILES string of the molecule is CNc1ccc([N+](=O)[O-])cc1C(=O)OCc1coc(-c2ccc(C)cc2)n1. The first-order chi connectivity index (χ1) is 13.0. The van der Waals surface area contributed by atoms with Gasteiger partial charge in [0.05, 0.1) is 10.5 Å². The average Bonchev–Trinajstić information content (AvgIpc) is 3.15. The van der Waals surface area contributed by atoms with Crippen molar-refractivity contribution in [1.82, 2.24) is 4.98 Å². The van der Waals surface area contributed by atoms with Gasteiger partial charge >= 0.3 is 5.97 Å². The summed E-state index contributed by atoms with van der Waals surface area (Å²) in [6.07, 6.45) is 1.41. The van der Waals surface area contributed by atoms with E-state index in [2.05, 4.69) is 10.3 Å². The predicted octanol–water partition coefficient (Wildman–Crippen LogP) is 3.96. The van der Waals surface area contributed by atoms with E-state index in [1.165, 1.54) is 24.5 Å². The number of hydrogen-bond donors (Lipinski definition) is 1. The van der Waals surface area contributed by atoms with Crippen LogP contribution in [0.4, 0.5) is 11.4 Å². The number of hydrogen-bond acceptors (Lipinski definition) is 7. The maximum atomic E-state index is 12.3. The van der Waals surface area contributed by atoms with E-state index >= 15 is 0 Å². The lowest BCUT2D eigenvalue weighted by molar-refractivity contribution is -0.384. The van der Waals surface area contributed by atoms with E-state index in [1.807, 2.05) is 31.2 Å². The van der Waals surface area contributed by atoms with E-state index < -0.39 is 10.9 Å². The van der Waals surface area contributed by atoms with Gasteiger partial charge in [-0.1, -0.05) is 17.7 Å². The highest BCUT2D eigenvalue weighted by Crippen LogP contribution is 2.24. The molecule has 0 saturated heterocycles. The Morgan fingerprint density at radius 2 is 2.00 bits per heavy atom. The molecule has 0 unspecified atom stereocenters. The number of non-ortho nitro benzene ring substituents is 1. The topological polar surface area (TPSA) is 108 Å². The number of aryl methyl sites for hydroxylation is 1. The molecule has 0 amide bonds. The van der Waals surface area contributed by atoms with Gasteiger partial charge in [0.25, 0.3) is 5.69 Å². The second kappa shape index (κ2) is 7.69. The molecule has 8 nitrogen and oxygen atoms in total. The van der Waals surface area contributed by atoms with Crippen LogP contribution in [0.15, 0.2) is 53.1 Å². The number of rotatable bonds is 6. The lowest BCUT2D eigenvalue weighted by Gasteiger charge is -2.08. The van der Waals surface area contributed by atoms with Crippen LogP contribution in [-0.4, -0.2) is 22.9 Å². The van der Waals surface area contributed by atoms with Crippen LogP contribution >= 0.6 is 0 Å². The Labute approximate surface area is 154 Å². The van der Waals surface area contributed by atoms with Crippen LogP contribution in [0.2, 0.25) is 0 Å². The third-order valence-electron chi connectivity index (χ3n) is 3.90. The first-order valence-corrected chi connectivity index (χ1v) is 8.12. The number of ether oxygens (including phenoxy) is 1. The Morgan fingerprint density at radius 3 is 2.67 bits per heavy atom. The van der Waals surface area contributed by atoms with E-state index in [-0.39, 0.29) is 17.9 Å². The maximum Gasteiger partial charge on any atom is 0.340 e. The van der Waals surface area contributed by atoms with Gasteiger partial charge in [-0.25, -0.2) is 9.78 Å². The zero-order valence-electron chi connectivity index (χ0n) is 14.8. The lowest BCUT2D eigenvalue weighted by atomic mass is 10.1. The molecule has 1 heterocycles. The molecule has 0 aliphatic heterocycles. The molecule has 138 valence electrons. The molecule has 0 spiro atoms. The van der Waals surface area contributed by atoms with E-state index in [0.29, 0.717) is 17.3 Å². The molecule has 0 aliphatic rings.